The molecule has 1 aliphatic heterocycles. The molecule has 0 aliphatic carbocycles. The molecule has 1 fully saturated rings. The van der Waals surface area contributed by atoms with Crippen molar-refractivity contribution < 1.29 is 14.7 Å². The van der Waals surface area contributed by atoms with E-state index in [1.54, 1.807) is 0 Å². The van der Waals surface area contributed by atoms with Crippen LogP contribution in [0.4, 0.5) is 0 Å². The maximum atomic E-state index is 12.2. The molecule has 0 radical (unpaired) electrons. The number of carbonyl (C=O) groups is 2. The lowest BCUT2D eigenvalue weighted by atomic mass is 9.73. The second kappa shape index (κ2) is 7.43. The first-order valence-corrected chi connectivity index (χ1v) is 8.17. The smallest absolute Gasteiger partial charge is 0.314 e. The van der Waals surface area contributed by atoms with Crippen molar-refractivity contribution in [3.05, 3.63) is 35.9 Å². The van der Waals surface area contributed by atoms with Crippen LogP contribution in [0.15, 0.2) is 30.3 Å². The van der Waals surface area contributed by atoms with Gasteiger partial charge in [0, 0.05) is 19.5 Å². The Morgan fingerprint density at radius 2 is 1.77 bits per heavy atom. The van der Waals surface area contributed by atoms with E-state index in [1.165, 1.54) is 0 Å². The van der Waals surface area contributed by atoms with E-state index in [1.807, 2.05) is 35.2 Å². The topological polar surface area (TPSA) is 57.6 Å². The number of carboxylic acids is 1. The van der Waals surface area contributed by atoms with E-state index >= 15 is 0 Å². The van der Waals surface area contributed by atoms with E-state index in [9.17, 15) is 14.7 Å². The van der Waals surface area contributed by atoms with Crippen molar-refractivity contribution in [1.29, 1.82) is 0 Å². The average molecular weight is 303 g/mol. The Labute approximate surface area is 132 Å². The number of aliphatic carboxylic acids is 1. The summed E-state index contributed by atoms with van der Waals surface area (Å²) < 4.78 is 0. The summed E-state index contributed by atoms with van der Waals surface area (Å²) in [6.07, 6.45) is 4.66. The van der Waals surface area contributed by atoms with Crippen molar-refractivity contribution in [3.63, 3.8) is 0 Å². The molecule has 1 aliphatic rings. The van der Waals surface area contributed by atoms with Gasteiger partial charge in [-0.25, -0.2) is 0 Å². The van der Waals surface area contributed by atoms with Crippen molar-refractivity contribution in [2.45, 2.75) is 50.9 Å². The Kier molecular flexibility index (Phi) is 5.58. The number of likely N-dealkylation sites (tertiary alicyclic amines) is 1. The molecule has 0 saturated carbocycles. The highest BCUT2D eigenvalue weighted by Crippen LogP contribution is 2.36. The van der Waals surface area contributed by atoms with Crippen LogP contribution in [0.3, 0.4) is 0 Å². The highest BCUT2D eigenvalue weighted by molar-refractivity contribution is 5.82. The lowest BCUT2D eigenvalue weighted by Crippen LogP contribution is -2.49. The third-order valence-electron chi connectivity index (χ3n) is 4.70. The van der Waals surface area contributed by atoms with Gasteiger partial charge in [0.2, 0.25) is 5.91 Å². The van der Waals surface area contributed by atoms with E-state index in [-0.39, 0.29) is 5.91 Å². The molecule has 1 aromatic carbocycles. The van der Waals surface area contributed by atoms with Crippen LogP contribution >= 0.6 is 0 Å². The van der Waals surface area contributed by atoms with Crippen molar-refractivity contribution in [1.82, 2.24) is 4.90 Å². The summed E-state index contributed by atoms with van der Waals surface area (Å²) in [4.78, 5) is 25.9. The molecular formula is C18H25NO3. The number of nitrogens with zero attached hydrogens (tertiary/aromatic N) is 1. The summed E-state index contributed by atoms with van der Waals surface area (Å²) in [6.45, 7) is 3.19. The lowest BCUT2D eigenvalue weighted by molar-refractivity contribution is -0.148. The Bertz CT molecular complexity index is 504. The van der Waals surface area contributed by atoms with Gasteiger partial charge in [-0.05, 0) is 24.8 Å². The van der Waals surface area contributed by atoms with Crippen LogP contribution in [-0.2, 0) is 15.0 Å². The molecule has 0 unspecified atom stereocenters. The van der Waals surface area contributed by atoms with Gasteiger partial charge in [0.15, 0.2) is 0 Å². The Balaban J connectivity index is 2.02. The van der Waals surface area contributed by atoms with E-state index < -0.39 is 11.4 Å². The van der Waals surface area contributed by atoms with Crippen molar-refractivity contribution in [2.75, 3.05) is 13.1 Å². The minimum Gasteiger partial charge on any atom is -0.481 e. The number of rotatable bonds is 6. The van der Waals surface area contributed by atoms with Gasteiger partial charge in [-0.3, -0.25) is 9.59 Å². The number of unbranched alkanes of at least 4 members (excludes halogenated alkanes) is 2. The zero-order chi connectivity index (χ0) is 16.0. The van der Waals surface area contributed by atoms with Gasteiger partial charge in [-0.2, -0.15) is 0 Å². The number of carbonyl (C=O) groups excluding carboxylic acids is 1. The first-order chi connectivity index (χ1) is 10.6. The van der Waals surface area contributed by atoms with Crippen molar-refractivity contribution in [2.24, 2.45) is 0 Å². The molecule has 4 heteroatoms. The number of benzene rings is 1. The molecule has 1 N–H and O–H groups in total. The first kappa shape index (κ1) is 16.5. The van der Waals surface area contributed by atoms with Gasteiger partial charge in [-0.15, -0.1) is 0 Å². The van der Waals surface area contributed by atoms with Crippen LogP contribution in [0, 0.1) is 0 Å². The average Bonchev–Trinajstić information content (AvgIpc) is 2.55. The summed E-state index contributed by atoms with van der Waals surface area (Å²) in [7, 11) is 0. The molecule has 4 nitrogen and oxygen atoms in total. The molecular weight excluding hydrogens is 278 g/mol. The van der Waals surface area contributed by atoms with E-state index in [4.69, 9.17) is 0 Å². The van der Waals surface area contributed by atoms with Crippen LogP contribution in [0.25, 0.3) is 0 Å². The third-order valence-corrected chi connectivity index (χ3v) is 4.70. The second-order valence-corrected chi connectivity index (χ2v) is 6.09. The summed E-state index contributed by atoms with van der Waals surface area (Å²) in [5.41, 5.74) is 0.00199. The number of hydrogen-bond donors (Lipinski definition) is 1. The lowest BCUT2D eigenvalue weighted by Gasteiger charge is -2.39. The van der Waals surface area contributed by atoms with Crippen molar-refractivity contribution >= 4 is 11.9 Å². The molecule has 0 bridgehead atoms. The normalized spacial score (nSPS) is 17.2. The van der Waals surface area contributed by atoms with Crippen LogP contribution in [0.1, 0.15) is 51.0 Å². The fourth-order valence-electron chi connectivity index (χ4n) is 3.21. The van der Waals surface area contributed by atoms with E-state index in [0.717, 1.165) is 24.8 Å². The van der Waals surface area contributed by atoms with Gasteiger partial charge in [0.05, 0.1) is 5.41 Å². The van der Waals surface area contributed by atoms with Gasteiger partial charge in [0.25, 0.3) is 0 Å². The number of amides is 1. The predicted molar refractivity (Wildman–Crippen MR) is 85.7 cm³/mol. The van der Waals surface area contributed by atoms with Crippen LogP contribution in [0.5, 0.6) is 0 Å². The summed E-state index contributed by atoms with van der Waals surface area (Å²) in [6, 6.07) is 9.41. The van der Waals surface area contributed by atoms with Gasteiger partial charge >= 0.3 is 5.97 Å². The minimum atomic E-state index is -0.846. The quantitative estimate of drug-likeness (QED) is 0.821. The van der Waals surface area contributed by atoms with Crippen molar-refractivity contribution in [3.8, 4) is 0 Å². The van der Waals surface area contributed by atoms with Crippen LogP contribution < -0.4 is 0 Å². The highest BCUT2D eigenvalue weighted by atomic mass is 16.4. The van der Waals surface area contributed by atoms with Crippen LogP contribution in [0.2, 0.25) is 0 Å². The fourth-order valence-corrected chi connectivity index (χ4v) is 3.21. The summed E-state index contributed by atoms with van der Waals surface area (Å²) in [5.74, 6) is -0.614. The molecule has 2 rings (SSSR count). The van der Waals surface area contributed by atoms with Gasteiger partial charge in [-0.1, -0.05) is 50.1 Å². The standard InChI is InChI=1S/C18H25NO3/c1-2-3-5-10-16(20)19-13-11-18(12-14-19,17(21)22)15-8-6-4-7-9-15/h4,6-9H,2-3,5,10-14H2,1H3,(H,21,22). The number of piperidine rings is 1. The maximum Gasteiger partial charge on any atom is 0.314 e. The van der Waals surface area contributed by atoms with Crippen LogP contribution in [-0.4, -0.2) is 35.0 Å². The molecule has 1 aromatic rings. The molecule has 0 spiro atoms. The first-order valence-electron chi connectivity index (χ1n) is 8.17. The molecule has 1 amide bonds. The molecule has 1 heterocycles. The monoisotopic (exact) mass is 303 g/mol. The Hall–Kier alpha value is -1.84. The summed E-state index contributed by atoms with van der Waals surface area (Å²) in [5, 5.41) is 9.74. The molecule has 0 atom stereocenters. The second-order valence-electron chi connectivity index (χ2n) is 6.09. The molecule has 0 aromatic heterocycles. The van der Waals surface area contributed by atoms with E-state index in [0.29, 0.717) is 32.4 Å². The SMILES string of the molecule is CCCCCC(=O)N1CCC(C(=O)O)(c2ccccc2)CC1. The third kappa shape index (κ3) is 3.49. The Morgan fingerprint density at radius 3 is 2.32 bits per heavy atom. The Morgan fingerprint density at radius 1 is 1.14 bits per heavy atom. The fraction of sp³-hybridized carbons (Fsp3) is 0.556. The minimum absolute atomic E-state index is 0.167. The maximum absolute atomic E-state index is 12.2. The zero-order valence-electron chi connectivity index (χ0n) is 13.3. The molecule has 120 valence electrons. The largest absolute Gasteiger partial charge is 0.481 e. The van der Waals surface area contributed by atoms with Gasteiger partial charge in [0.1, 0.15) is 0 Å². The molecule has 1 saturated heterocycles. The number of hydrogen-bond acceptors (Lipinski definition) is 2. The summed E-state index contributed by atoms with van der Waals surface area (Å²) >= 11 is 0. The van der Waals surface area contributed by atoms with E-state index in [2.05, 4.69) is 6.92 Å². The zero-order valence-corrected chi connectivity index (χ0v) is 13.3. The predicted octanol–water partition coefficient (Wildman–Crippen LogP) is 3.21. The van der Waals surface area contributed by atoms with Gasteiger partial charge < -0.3 is 10.0 Å². The highest BCUT2D eigenvalue weighted by Gasteiger charge is 2.43. The number of carboxylic acid groups (broad SMARTS) is 1. The molecule has 22 heavy (non-hydrogen) atoms.